The first-order valence-electron chi connectivity index (χ1n) is 10.4. The molecular formula is C24H22ClN5O2S. The lowest BCUT2D eigenvalue weighted by Crippen LogP contribution is -2.34. The van der Waals surface area contributed by atoms with Crippen LogP contribution in [0.25, 0.3) is 16.7 Å². The van der Waals surface area contributed by atoms with Crippen molar-refractivity contribution < 1.29 is 9.53 Å². The number of rotatable bonds is 6. The molecule has 1 amide bonds. The zero-order chi connectivity index (χ0) is 23.4. The molecule has 2 N–H and O–H groups in total. The molecular weight excluding hydrogens is 458 g/mol. The summed E-state index contributed by atoms with van der Waals surface area (Å²) < 4.78 is 5.69. The lowest BCUT2D eigenvalue weighted by Gasteiger charge is -2.12. The van der Waals surface area contributed by atoms with E-state index in [9.17, 15) is 4.79 Å². The van der Waals surface area contributed by atoms with Gasteiger partial charge in [-0.2, -0.15) is 4.80 Å². The Hall–Kier alpha value is -3.49. The number of carbonyl (C=O) groups excluding carboxylic acids is 1. The quantitative estimate of drug-likeness (QED) is 0.368. The molecule has 168 valence electrons. The van der Waals surface area contributed by atoms with Crippen LogP contribution < -0.4 is 15.4 Å². The summed E-state index contributed by atoms with van der Waals surface area (Å²) >= 11 is 11.7. The summed E-state index contributed by atoms with van der Waals surface area (Å²) in [6.07, 6.45) is 0. The maximum absolute atomic E-state index is 12.6. The number of halogens is 1. The number of para-hydroxylation sites is 1. The number of hydrogen-bond donors (Lipinski definition) is 2. The van der Waals surface area contributed by atoms with Crippen LogP contribution in [0.2, 0.25) is 5.02 Å². The van der Waals surface area contributed by atoms with Crippen molar-refractivity contribution in [1.29, 1.82) is 0 Å². The second-order valence-electron chi connectivity index (χ2n) is 7.79. The number of carbonyl (C=O) groups is 1. The molecule has 0 unspecified atom stereocenters. The van der Waals surface area contributed by atoms with E-state index < -0.39 is 0 Å². The first-order chi connectivity index (χ1) is 15.9. The average molecular weight is 480 g/mol. The van der Waals surface area contributed by atoms with Crippen molar-refractivity contribution in [1.82, 2.24) is 20.3 Å². The number of thiocarbonyl (C=S) groups is 1. The summed E-state index contributed by atoms with van der Waals surface area (Å²) in [6.45, 7) is 4.69. The van der Waals surface area contributed by atoms with Crippen molar-refractivity contribution in [3.63, 3.8) is 0 Å². The van der Waals surface area contributed by atoms with Crippen LogP contribution in [-0.4, -0.2) is 32.6 Å². The lowest BCUT2D eigenvalue weighted by atomic mass is 10.2. The fraction of sp³-hybridized carbons (Fsp3) is 0.167. The standard InChI is InChI=1S/C24H22ClN5O2S/c1-15(2)14-32-18-10-6-7-16(11-18)23(31)27-24(33)26-20-13-22-21(12-19(20)25)28-30(29-22)17-8-4-3-5-9-17/h3-13,15H,14H2,1-2H3,(H2,26,27,31,33). The minimum absolute atomic E-state index is 0.116. The Bertz CT molecular complexity index is 1310. The Morgan fingerprint density at radius 2 is 1.79 bits per heavy atom. The second-order valence-corrected chi connectivity index (χ2v) is 8.60. The normalized spacial score (nSPS) is 10.9. The van der Waals surface area contributed by atoms with Crippen molar-refractivity contribution >= 4 is 51.6 Å². The number of aromatic nitrogens is 3. The molecule has 1 heterocycles. The molecule has 0 atom stereocenters. The van der Waals surface area contributed by atoms with Crippen LogP contribution in [-0.2, 0) is 0 Å². The molecule has 1 aromatic heterocycles. The Morgan fingerprint density at radius 3 is 2.52 bits per heavy atom. The summed E-state index contributed by atoms with van der Waals surface area (Å²) in [7, 11) is 0. The van der Waals surface area contributed by atoms with Crippen LogP contribution in [0.1, 0.15) is 24.2 Å². The van der Waals surface area contributed by atoms with Crippen molar-refractivity contribution in [2.45, 2.75) is 13.8 Å². The van der Waals surface area contributed by atoms with Gasteiger partial charge in [0.25, 0.3) is 5.91 Å². The van der Waals surface area contributed by atoms with E-state index in [1.807, 2.05) is 36.4 Å². The molecule has 4 rings (SSSR count). The Morgan fingerprint density at radius 1 is 1.06 bits per heavy atom. The van der Waals surface area contributed by atoms with Gasteiger partial charge in [0, 0.05) is 5.56 Å². The van der Waals surface area contributed by atoms with Crippen LogP contribution in [0.5, 0.6) is 5.75 Å². The molecule has 9 heteroatoms. The summed E-state index contributed by atoms with van der Waals surface area (Å²) in [6, 6.07) is 20.0. The van der Waals surface area contributed by atoms with E-state index >= 15 is 0 Å². The summed E-state index contributed by atoms with van der Waals surface area (Å²) in [5, 5.41) is 15.1. The number of hydrogen-bond acceptors (Lipinski definition) is 5. The van der Waals surface area contributed by atoms with Gasteiger partial charge in [0.15, 0.2) is 5.11 Å². The average Bonchev–Trinajstić information content (AvgIpc) is 3.21. The highest BCUT2D eigenvalue weighted by atomic mass is 35.5. The van der Waals surface area contributed by atoms with Crippen LogP contribution in [0.3, 0.4) is 0 Å². The minimum atomic E-state index is -0.352. The Balaban J connectivity index is 1.46. The van der Waals surface area contributed by atoms with E-state index in [0.29, 0.717) is 45.6 Å². The first-order valence-corrected chi connectivity index (χ1v) is 11.1. The van der Waals surface area contributed by atoms with Crippen LogP contribution in [0.15, 0.2) is 66.7 Å². The van der Waals surface area contributed by atoms with Crippen LogP contribution in [0, 0.1) is 5.92 Å². The molecule has 0 saturated carbocycles. The third-order valence-corrected chi connectivity index (χ3v) is 5.13. The summed E-state index contributed by atoms with van der Waals surface area (Å²) in [4.78, 5) is 14.2. The molecule has 33 heavy (non-hydrogen) atoms. The molecule has 0 spiro atoms. The molecule has 0 fully saturated rings. The van der Waals surface area contributed by atoms with Gasteiger partial charge >= 0.3 is 0 Å². The number of amides is 1. The van der Waals surface area contributed by atoms with Gasteiger partial charge in [0.1, 0.15) is 16.8 Å². The zero-order valence-electron chi connectivity index (χ0n) is 18.1. The predicted octanol–water partition coefficient (Wildman–Crippen LogP) is 5.24. The molecule has 0 radical (unpaired) electrons. The molecule has 4 aromatic rings. The van der Waals surface area contributed by atoms with E-state index in [4.69, 9.17) is 28.6 Å². The topological polar surface area (TPSA) is 81.1 Å². The van der Waals surface area contributed by atoms with E-state index in [-0.39, 0.29) is 11.0 Å². The molecule has 0 aliphatic heterocycles. The number of ether oxygens (including phenoxy) is 1. The fourth-order valence-corrected chi connectivity index (χ4v) is 3.44. The van der Waals surface area contributed by atoms with Crippen molar-refractivity contribution in [3.8, 4) is 11.4 Å². The lowest BCUT2D eigenvalue weighted by molar-refractivity contribution is 0.0977. The smallest absolute Gasteiger partial charge is 0.257 e. The minimum Gasteiger partial charge on any atom is -0.493 e. The monoisotopic (exact) mass is 479 g/mol. The van der Waals surface area contributed by atoms with E-state index in [0.717, 1.165) is 5.69 Å². The molecule has 3 aromatic carbocycles. The number of benzene rings is 3. The van der Waals surface area contributed by atoms with Crippen molar-refractivity contribution in [2.24, 2.45) is 5.92 Å². The van der Waals surface area contributed by atoms with Gasteiger partial charge in [-0.15, -0.1) is 10.2 Å². The SMILES string of the molecule is CC(C)COc1cccc(C(=O)NC(=S)Nc2cc3nn(-c4ccccc4)nc3cc2Cl)c1. The number of nitrogens with one attached hydrogen (secondary N) is 2. The number of fused-ring (bicyclic) bond motifs is 1. The molecule has 7 nitrogen and oxygen atoms in total. The molecule has 0 bridgehead atoms. The third-order valence-electron chi connectivity index (χ3n) is 4.61. The van der Waals surface area contributed by atoms with Gasteiger partial charge in [0.05, 0.1) is 23.0 Å². The van der Waals surface area contributed by atoms with Gasteiger partial charge in [-0.3, -0.25) is 10.1 Å². The van der Waals surface area contributed by atoms with E-state index in [1.165, 1.54) is 0 Å². The van der Waals surface area contributed by atoms with E-state index in [2.05, 4.69) is 34.7 Å². The second kappa shape index (κ2) is 9.97. The van der Waals surface area contributed by atoms with Crippen molar-refractivity contribution in [3.05, 3.63) is 77.3 Å². The first kappa shape index (κ1) is 22.7. The maximum Gasteiger partial charge on any atom is 0.257 e. The molecule has 0 aliphatic carbocycles. The summed E-state index contributed by atoms with van der Waals surface area (Å²) in [5.74, 6) is 0.663. The largest absolute Gasteiger partial charge is 0.493 e. The molecule has 0 aliphatic rings. The fourth-order valence-electron chi connectivity index (χ4n) is 3.03. The highest BCUT2D eigenvalue weighted by Crippen LogP contribution is 2.27. The number of nitrogens with zero attached hydrogens (tertiary/aromatic N) is 3. The van der Waals surface area contributed by atoms with Crippen molar-refractivity contribution in [2.75, 3.05) is 11.9 Å². The van der Waals surface area contributed by atoms with E-state index in [1.54, 1.807) is 35.1 Å². The molecule has 0 saturated heterocycles. The highest BCUT2D eigenvalue weighted by Gasteiger charge is 2.13. The van der Waals surface area contributed by atoms with Gasteiger partial charge in [-0.05, 0) is 60.6 Å². The Labute approximate surface area is 201 Å². The highest BCUT2D eigenvalue weighted by molar-refractivity contribution is 7.80. The van der Waals surface area contributed by atoms with Crippen LogP contribution in [0.4, 0.5) is 5.69 Å². The zero-order valence-corrected chi connectivity index (χ0v) is 19.7. The van der Waals surface area contributed by atoms with Gasteiger partial charge in [-0.1, -0.05) is 49.7 Å². The van der Waals surface area contributed by atoms with Gasteiger partial charge in [-0.25, -0.2) is 0 Å². The van der Waals surface area contributed by atoms with Gasteiger partial charge < -0.3 is 10.1 Å². The van der Waals surface area contributed by atoms with Crippen LogP contribution >= 0.6 is 23.8 Å². The Kier molecular flexibility index (Phi) is 6.86. The third kappa shape index (κ3) is 5.66. The predicted molar refractivity (Wildman–Crippen MR) is 134 cm³/mol. The van der Waals surface area contributed by atoms with Gasteiger partial charge in [0.2, 0.25) is 0 Å². The number of anilines is 1. The summed E-state index contributed by atoms with van der Waals surface area (Å²) in [5.41, 5.74) is 3.07. The maximum atomic E-state index is 12.6.